The highest BCUT2D eigenvalue weighted by Crippen LogP contribution is 2.18. The number of nitrogens with zero attached hydrogens (tertiary/aromatic N) is 3. The van der Waals surface area contributed by atoms with Crippen molar-refractivity contribution in [3.8, 4) is 0 Å². The van der Waals surface area contributed by atoms with Gasteiger partial charge >= 0.3 is 0 Å². The number of anilines is 1. The molecule has 8 nitrogen and oxygen atoms in total. The smallest absolute Gasteiger partial charge is 0.176 e. The first-order chi connectivity index (χ1) is 10.6. The summed E-state index contributed by atoms with van der Waals surface area (Å²) in [6.45, 7) is -0.626. The standard InChI is InChI=1S/C14H18N4O4/c19-8-12(21)13(22)11(20)5-6-15-17-14-10-4-2-1-3-9(10)7-16-18-14/h1-4,6-7,11-13,19-22H,5,8H2,(H,17,18)/b15-6+. The fraction of sp³-hybridized carbons (Fsp3) is 0.357. The minimum Gasteiger partial charge on any atom is -0.394 e. The van der Waals surface area contributed by atoms with Gasteiger partial charge in [-0.15, -0.1) is 5.10 Å². The Labute approximate surface area is 126 Å². The van der Waals surface area contributed by atoms with Gasteiger partial charge in [0.2, 0.25) is 0 Å². The maximum atomic E-state index is 9.62. The van der Waals surface area contributed by atoms with Crippen LogP contribution in [-0.4, -0.2) is 61.8 Å². The van der Waals surface area contributed by atoms with Crippen LogP contribution in [0.3, 0.4) is 0 Å². The number of aliphatic hydroxyl groups excluding tert-OH is 4. The molecule has 0 aliphatic rings. The molecule has 0 amide bonds. The van der Waals surface area contributed by atoms with Crippen molar-refractivity contribution in [2.24, 2.45) is 5.10 Å². The average Bonchev–Trinajstić information content (AvgIpc) is 2.57. The van der Waals surface area contributed by atoms with Crippen molar-refractivity contribution in [1.82, 2.24) is 10.2 Å². The third kappa shape index (κ3) is 3.95. The first-order valence-corrected chi connectivity index (χ1v) is 6.76. The van der Waals surface area contributed by atoms with E-state index in [1.54, 1.807) is 6.20 Å². The lowest BCUT2D eigenvalue weighted by molar-refractivity contribution is -0.0732. The fourth-order valence-electron chi connectivity index (χ4n) is 1.88. The van der Waals surface area contributed by atoms with Crippen molar-refractivity contribution in [1.29, 1.82) is 0 Å². The Balaban J connectivity index is 1.94. The van der Waals surface area contributed by atoms with E-state index in [2.05, 4.69) is 20.7 Å². The molecule has 0 saturated heterocycles. The van der Waals surface area contributed by atoms with Gasteiger partial charge in [0.1, 0.15) is 12.2 Å². The number of hydrogen-bond acceptors (Lipinski definition) is 8. The maximum absolute atomic E-state index is 9.62. The van der Waals surface area contributed by atoms with Gasteiger partial charge in [0.05, 0.1) is 18.9 Å². The first kappa shape index (κ1) is 16.2. The molecule has 0 aliphatic heterocycles. The molecule has 3 atom stereocenters. The molecule has 2 rings (SSSR count). The van der Waals surface area contributed by atoms with Crippen molar-refractivity contribution >= 4 is 22.8 Å². The summed E-state index contributed by atoms with van der Waals surface area (Å²) in [5, 5.41) is 50.5. The number of rotatable bonds is 7. The topological polar surface area (TPSA) is 131 Å². The summed E-state index contributed by atoms with van der Waals surface area (Å²) in [4.78, 5) is 0. The third-order valence-electron chi connectivity index (χ3n) is 3.15. The molecule has 22 heavy (non-hydrogen) atoms. The van der Waals surface area contributed by atoms with Crippen molar-refractivity contribution in [2.75, 3.05) is 12.0 Å². The molecule has 2 aromatic rings. The second kappa shape index (κ2) is 7.76. The molecule has 8 heteroatoms. The number of aliphatic hydroxyl groups is 4. The van der Waals surface area contributed by atoms with Gasteiger partial charge in [0, 0.05) is 23.4 Å². The van der Waals surface area contributed by atoms with Crippen LogP contribution in [0.15, 0.2) is 35.6 Å². The molecule has 0 saturated carbocycles. The van der Waals surface area contributed by atoms with Gasteiger partial charge in [0.25, 0.3) is 0 Å². The highest BCUT2D eigenvalue weighted by atomic mass is 16.4. The van der Waals surface area contributed by atoms with Crippen LogP contribution < -0.4 is 5.43 Å². The van der Waals surface area contributed by atoms with Crippen LogP contribution in [0.1, 0.15) is 6.42 Å². The molecule has 3 unspecified atom stereocenters. The summed E-state index contributed by atoms with van der Waals surface area (Å²) < 4.78 is 0. The zero-order valence-electron chi connectivity index (χ0n) is 11.7. The van der Waals surface area contributed by atoms with Gasteiger partial charge in [-0.2, -0.15) is 10.2 Å². The number of aromatic nitrogens is 2. The summed E-state index contributed by atoms with van der Waals surface area (Å²) in [7, 11) is 0. The number of fused-ring (bicyclic) bond motifs is 1. The van der Waals surface area contributed by atoms with Crippen LogP contribution in [-0.2, 0) is 0 Å². The molecule has 5 N–H and O–H groups in total. The minimum atomic E-state index is -1.44. The molecule has 0 bridgehead atoms. The van der Waals surface area contributed by atoms with E-state index in [9.17, 15) is 15.3 Å². The Kier molecular flexibility index (Phi) is 5.73. The Morgan fingerprint density at radius 1 is 1.18 bits per heavy atom. The third-order valence-corrected chi connectivity index (χ3v) is 3.15. The molecular weight excluding hydrogens is 288 g/mol. The lowest BCUT2D eigenvalue weighted by atomic mass is 10.1. The first-order valence-electron chi connectivity index (χ1n) is 6.76. The van der Waals surface area contributed by atoms with Gasteiger partial charge < -0.3 is 20.4 Å². The lowest BCUT2D eigenvalue weighted by Gasteiger charge is -2.19. The summed E-state index contributed by atoms with van der Waals surface area (Å²) in [5.41, 5.74) is 2.72. The summed E-state index contributed by atoms with van der Waals surface area (Å²) in [5.74, 6) is 0.472. The van der Waals surface area contributed by atoms with E-state index in [1.165, 1.54) is 6.21 Å². The SMILES string of the molecule is OCC(O)C(O)C(O)C/C=N/Nc1nncc2ccccc12. The number of nitrogens with one attached hydrogen (secondary N) is 1. The molecule has 0 aliphatic carbocycles. The largest absolute Gasteiger partial charge is 0.394 e. The van der Waals surface area contributed by atoms with Crippen molar-refractivity contribution < 1.29 is 20.4 Å². The number of hydrazone groups is 1. The van der Waals surface area contributed by atoms with Crippen LogP contribution in [0.5, 0.6) is 0 Å². The Hall–Kier alpha value is -2.13. The van der Waals surface area contributed by atoms with Crippen molar-refractivity contribution in [2.45, 2.75) is 24.7 Å². The molecule has 1 heterocycles. The van der Waals surface area contributed by atoms with E-state index in [4.69, 9.17) is 5.11 Å². The van der Waals surface area contributed by atoms with Gasteiger partial charge in [-0.25, -0.2) is 0 Å². The Morgan fingerprint density at radius 2 is 1.95 bits per heavy atom. The van der Waals surface area contributed by atoms with E-state index in [0.29, 0.717) is 5.82 Å². The fourth-order valence-corrected chi connectivity index (χ4v) is 1.88. The molecule has 1 aromatic heterocycles. The molecule has 0 fully saturated rings. The monoisotopic (exact) mass is 306 g/mol. The second-order valence-electron chi connectivity index (χ2n) is 4.75. The molecule has 0 radical (unpaired) electrons. The Bertz CT molecular complexity index is 632. The predicted octanol–water partition coefficient (Wildman–Crippen LogP) is -0.507. The van der Waals surface area contributed by atoms with E-state index < -0.39 is 24.9 Å². The van der Waals surface area contributed by atoms with Crippen LogP contribution in [0.2, 0.25) is 0 Å². The number of benzene rings is 1. The zero-order chi connectivity index (χ0) is 15.9. The second-order valence-corrected chi connectivity index (χ2v) is 4.75. The molecule has 118 valence electrons. The summed E-state index contributed by atoms with van der Waals surface area (Å²) in [6.07, 6.45) is -1.06. The van der Waals surface area contributed by atoms with Crippen molar-refractivity contribution in [3.05, 3.63) is 30.5 Å². The molecular formula is C14H18N4O4. The van der Waals surface area contributed by atoms with E-state index in [0.717, 1.165) is 10.8 Å². The van der Waals surface area contributed by atoms with Crippen LogP contribution in [0, 0.1) is 0 Å². The molecule has 1 aromatic carbocycles. The van der Waals surface area contributed by atoms with E-state index >= 15 is 0 Å². The maximum Gasteiger partial charge on any atom is 0.176 e. The average molecular weight is 306 g/mol. The van der Waals surface area contributed by atoms with E-state index in [1.807, 2.05) is 24.3 Å². The van der Waals surface area contributed by atoms with Gasteiger partial charge in [-0.05, 0) is 0 Å². The summed E-state index contributed by atoms with van der Waals surface area (Å²) >= 11 is 0. The Morgan fingerprint density at radius 3 is 2.73 bits per heavy atom. The summed E-state index contributed by atoms with van der Waals surface area (Å²) in [6, 6.07) is 7.53. The van der Waals surface area contributed by atoms with E-state index in [-0.39, 0.29) is 6.42 Å². The molecule has 0 spiro atoms. The van der Waals surface area contributed by atoms with Gasteiger partial charge in [-0.1, -0.05) is 24.3 Å². The normalized spacial score (nSPS) is 15.8. The highest BCUT2D eigenvalue weighted by Gasteiger charge is 2.22. The number of hydrogen-bond donors (Lipinski definition) is 5. The predicted molar refractivity (Wildman–Crippen MR) is 81.4 cm³/mol. The van der Waals surface area contributed by atoms with Gasteiger partial charge in [0.15, 0.2) is 5.82 Å². The van der Waals surface area contributed by atoms with Crippen LogP contribution in [0.25, 0.3) is 10.8 Å². The van der Waals surface area contributed by atoms with Crippen molar-refractivity contribution in [3.63, 3.8) is 0 Å². The quantitative estimate of drug-likeness (QED) is 0.344. The minimum absolute atomic E-state index is 0.00339. The van der Waals surface area contributed by atoms with Gasteiger partial charge in [-0.3, -0.25) is 5.43 Å². The lowest BCUT2D eigenvalue weighted by Crippen LogP contribution is -2.39. The zero-order valence-corrected chi connectivity index (χ0v) is 11.7. The van der Waals surface area contributed by atoms with Crippen LogP contribution >= 0.6 is 0 Å². The highest BCUT2D eigenvalue weighted by molar-refractivity contribution is 5.90. The van der Waals surface area contributed by atoms with Crippen LogP contribution in [0.4, 0.5) is 5.82 Å².